The van der Waals surface area contributed by atoms with E-state index < -0.39 is 0 Å². The van der Waals surface area contributed by atoms with Crippen LogP contribution in [0.5, 0.6) is 0 Å². The Labute approximate surface area is 158 Å². The molecule has 0 unspecified atom stereocenters. The summed E-state index contributed by atoms with van der Waals surface area (Å²) in [6.45, 7) is 4.51. The Morgan fingerprint density at radius 2 is 2.18 bits per heavy atom. The van der Waals surface area contributed by atoms with Gasteiger partial charge in [-0.15, -0.1) is 47.5 Å². The smallest absolute Gasteiger partial charge is 0.273 e. The predicted octanol–water partition coefficient (Wildman–Crippen LogP) is 3.91. The van der Waals surface area contributed by atoms with E-state index in [9.17, 15) is 4.79 Å². The van der Waals surface area contributed by atoms with Gasteiger partial charge in [-0.3, -0.25) is 4.79 Å². The molecule has 2 aromatic rings. The van der Waals surface area contributed by atoms with Crippen molar-refractivity contribution in [2.75, 3.05) is 19.6 Å². The van der Waals surface area contributed by atoms with Gasteiger partial charge in [0.15, 0.2) is 0 Å². The van der Waals surface area contributed by atoms with Gasteiger partial charge in [0.2, 0.25) is 0 Å². The molecule has 1 N–H and O–H groups in total. The summed E-state index contributed by atoms with van der Waals surface area (Å²) in [5.74, 6) is 0.0390. The molecule has 22 heavy (non-hydrogen) atoms. The number of rotatable bonds is 2. The van der Waals surface area contributed by atoms with Gasteiger partial charge in [-0.25, -0.2) is 4.98 Å². The van der Waals surface area contributed by atoms with Crippen molar-refractivity contribution in [3.63, 3.8) is 0 Å². The average Bonchev–Trinajstić information content (AvgIpc) is 3.07. The second-order valence-corrected chi connectivity index (χ2v) is 7.40. The molecule has 4 nitrogen and oxygen atoms in total. The van der Waals surface area contributed by atoms with Gasteiger partial charge >= 0.3 is 0 Å². The number of thiophene rings is 1. The highest BCUT2D eigenvalue weighted by atomic mass is 79.9. The quantitative estimate of drug-likeness (QED) is 0.763. The lowest BCUT2D eigenvalue weighted by molar-refractivity contribution is 0.0650. The number of nitrogens with zero attached hydrogens (tertiary/aromatic N) is 2. The lowest BCUT2D eigenvalue weighted by Gasteiger charge is -2.33. The van der Waals surface area contributed by atoms with Gasteiger partial charge < -0.3 is 10.2 Å². The highest BCUT2D eigenvalue weighted by molar-refractivity contribution is 9.10. The second-order valence-electron chi connectivity index (χ2n) is 4.72. The van der Waals surface area contributed by atoms with E-state index in [0.29, 0.717) is 5.69 Å². The predicted molar refractivity (Wildman–Crippen MR) is 101 cm³/mol. The zero-order valence-corrected chi connectivity index (χ0v) is 16.6. The topological polar surface area (TPSA) is 45.2 Å². The summed E-state index contributed by atoms with van der Waals surface area (Å²) < 4.78 is 1.05. The van der Waals surface area contributed by atoms with Crippen LogP contribution in [0.1, 0.15) is 17.4 Å². The summed E-state index contributed by atoms with van der Waals surface area (Å²) in [6.07, 6.45) is 0. The minimum Gasteiger partial charge on any atom is -0.332 e. The molecule has 1 amide bonds. The molecule has 1 aliphatic heterocycles. The van der Waals surface area contributed by atoms with Gasteiger partial charge in [0, 0.05) is 40.9 Å². The Morgan fingerprint density at radius 3 is 2.82 bits per heavy atom. The van der Waals surface area contributed by atoms with Gasteiger partial charge in [-0.1, -0.05) is 0 Å². The summed E-state index contributed by atoms with van der Waals surface area (Å²) >= 11 is 6.60. The van der Waals surface area contributed by atoms with Crippen LogP contribution in [0.3, 0.4) is 0 Å². The molecule has 0 spiro atoms. The first-order chi connectivity index (χ1) is 9.65. The summed E-state index contributed by atoms with van der Waals surface area (Å²) in [5.41, 5.74) is 0.559. The largest absolute Gasteiger partial charge is 0.332 e. The Bertz CT molecular complexity index is 634. The molecule has 0 saturated carbocycles. The molecule has 2 aromatic heterocycles. The van der Waals surface area contributed by atoms with Gasteiger partial charge in [0.1, 0.15) is 10.7 Å². The monoisotopic (exact) mass is 443 g/mol. The highest BCUT2D eigenvalue weighted by Crippen LogP contribution is 2.32. The van der Waals surface area contributed by atoms with Crippen molar-refractivity contribution in [1.29, 1.82) is 0 Å². The molecule has 1 saturated heterocycles. The number of nitrogens with one attached hydrogen (secondary N) is 1. The van der Waals surface area contributed by atoms with Crippen LogP contribution < -0.4 is 5.32 Å². The second kappa shape index (κ2) is 8.61. The fourth-order valence-corrected chi connectivity index (χ4v) is 4.50. The third-order valence-electron chi connectivity index (χ3n) is 3.26. The van der Waals surface area contributed by atoms with Crippen molar-refractivity contribution < 1.29 is 4.79 Å². The van der Waals surface area contributed by atoms with Crippen molar-refractivity contribution in [2.45, 2.75) is 13.0 Å². The van der Waals surface area contributed by atoms with Gasteiger partial charge in [0.25, 0.3) is 5.91 Å². The summed E-state index contributed by atoms with van der Waals surface area (Å²) in [6, 6.07) is 2.25. The maximum atomic E-state index is 12.5. The van der Waals surface area contributed by atoms with Crippen LogP contribution >= 0.6 is 63.4 Å². The van der Waals surface area contributed by atoms with Crippen LogP contribution in [-0.4, -0.2) is 41.5 Å². The molecule has 3 heterocycles. The SMILES string of the molecule is C[C@H]1CNCCN1C(=O)c1csc(-c2cc(Br)cs2)n1.Cl.Cl. The first-order valence-corrected chi connectivity index (χ1v) is 8.92. The minimum atomic E-state index is 0. The van der Waals surface area contributed by atoms with Crippen LogP contribution in [0.4, 0.5) is 0 Å². The zero-order valence-electron chi connectivity index (χ0n) is 11.7. The number of piperazine rings is 1. The number of aromatic nitrogens is 1. The fraction of sp³-hybridized carbons (Fsp3) is 0.385. The highest BCUT2D eigenvalue weighted by Gasteiger charge is 2.25. The first-order valence-electron chi connectivity index (χ1n) is 6.37. The van der Waals surface area contributed by atoms with E-state index in [1.165, 1.54) is 11.3 Å². The molecule has 0 aliphatic carbocycles. The van der Waals surface area contributed by atoms with Crippen LogP contribution in [-0.2, 0) is 0 Å². The van der Waals surface area contributed by atoms with Crippen molar-refractivity contribution in [2.24, 2.45) is 0 Å². The zero-order chi connectivity index (χ0) is 14.1. The number of hydrogen-bond acceptors (Lipinski definition) is 5. The van der Waals surface area contributed by atoms with Gasteiger partial charge in [-0.05, 0) is 28.9 Å². The summed E-state index contributed by atoms with van der Waals surface area (Å²) in [7, 11) is 0. The third kappa shape index (κ3) is 4.21. The Hall–Kier alpha value is -0.180. The fourth-order valence-electron chi connectivity index (χ4n) is 2.20. The molecule has 0 radical (unpaired) electrons. The van der Waals surface area contributed by atoms with Gasteiger partial charge in [-0.2, -0.15) is 0 Å². The maximum Gasteiger partial charge on any atom is 0.273 e. The number of halogens is 3. The molecule has 0 aromatic carbocycles. The molecule has 0 bridgehead atoms. The molecular formula is C13H16BrCl2N3OS2. The lowest BCUT2D eigenvalue weighted by Crippen LogP contribution is -2.52. The molecular weight excluding hydrogens is 429 g/mol. The van der Waals surface area contributed by atoms with Crippen molar-refractivity contribution in [3.8, 4) is 9.88 Å². The molecule has 9 heteroatoms. The van der Waals surface area contributed by atoms with Crippen LogP contribution in [0.15, 0.2) is 21.3 Å². The van der Waals surface area contributed by atoms with E-state index >= 15 is 0 Å². The molecule has 1 atom stereocenters. The standard InChI is InChI=1S/C13H14BrN3OS2.2ClH/c1-8-5-15-2-3-17(8)13(18)10-7-20-12(16-10)11-4-9(14)6-19-11;;/h4,6-8,15H,2-3,5H2,1H3;2*1H/t8-;;/m0../s1. The summed E-state index contributed by atoms with van der Waals surface area (Å²) in [5, 5.41) is 8.08. The van der Waals surface area contributed by atoms with Crippen LogP contribution in [0.2, 0.25) is 0 Å². The van der Waals surface area contributed by atoms with E-state index in [0.717, 1.165) is 34.0 Å². The normalized spacial score (nSPS) is 17.5. The van der Waals surface area contributed by atoms with E-state index in [4.69, 9.17) is 0 Å². The average molecular weight is 445 g/mol. The van der Waals surface area contributed by atoms with Crippen LogP contribution in [0, 0.1) is 0 Å². The van der Waals surface area contributed by atoms with Gasteiger partial charge in [0.05, 0.1) is 4.88 Å². The number of thiazole rings is 1. The van der Waals surface area contributed by atoms with Crippen molar-refractivity contribution in [3.05, 3.63) is 27.0 Å². The number of carbonyl (C=O) groups excluding carboxylic acids is 1. The minimum absolute atomic E-state index is 0. The maximum absolute atomic E-state index is 12.5. The number of hydrogen-bond donors (Lipinski definition) is 1. The van der Waals surface area contributed by atoms with Crippen molar-refractivity contribution in [1.82, 2.24) is 15.2 Å². The first kappa shape index (κ1) is 19.9. The Morgan fingerprint density at radius 1 is 1.41 bits per heavy atom. The Balaban J connectivity index is 0.00000121. The lowest BCUT2D eigenvalue weighted by atomic mass is 10.2. The number of amides is 1. The van der Waals surface area contributed by atoms with E-state index in [-0.39, 0.29) is 36.8 Å². The summed E-state index contributed by atoms with van der Waals surface area (Å²) in [4.78, 5) is 20.0. The molecule has 3 rings (SSSR count). The molecule has 1 fully saturated rings. The molecule has 1 aliphatic rings. The van der Waals surface area contributed by atoms with Crippen molar-refractivity contribution >= 4 is 69.3 Å². The van der Waals surface area contributed by atoms with Crippen LogP contribution in [0.25, 0.3) is 9.88 Å². The third-order valence-corrected chi connectivity index (χ3v) is 5.97. The van der Waals surface area contributed by atoms with E-state index in [2.05, 4.69) is 33.2 Å². The Kier molecular flexibility index (Phi) is 7.78. The number of carbonyl (C=O) groups is 1. The molecule has 122 valence electrons. The van der Waals surface area contributed by atoms with E-state index in [1.807, 2.05) is 21.7 Å². The van der Waals surface area contributed by atoms with E-state index in [1.54, 1.807) is 11.3 Å².